The Bertz CT molecular complexity index is 1310. The first-order valence-corrected chi connectivity index (χ1v) is 13.8. The fraction of sp³-hybridized carbons (Fsp3) is 0.448. The van der Waals surface area contributed by atoms with Crippen molar-refractivity contribution < 1.29 is 19.4 Å². The first-order valence-electron chi connectivity index (χ1n) is 13.4. The summed E-state index contributed by atoms with van der Waals surface area (Å²) in [6.07, 6.45) is 2.16. The third-order valence-electron chi connectivity index (χ3n) is 7.79. The number of carbonyl (C=O) groups is 1. The number of pyridine rings is 1. The van der Waals surface area contributed by atoms with Gasteiger partial charge in [-0.05, 0) is 80.4 Å². The van der Waals surface area contributed by atoms with Crippen molar-refractivity contribution in [1.29, 1.82) is 0 Å². The second kappa shape index (κ2) is 11.0. The monoisotopic (exact) mass is 536 g/mol. The molecule has 2 aromatic carbocycles. The Labute approximate surface area is 227 Å². The summed E-state index contributed by atoms with van der Waals surface area (Å²) in [5.41, 5.74) is 1.60. The van der Waals surface area contributed by atoms with E-state index in [4.69, 9.17) is 26.1 Å². The van der Waals surface area contributed by atoms with Crippen molar-refractivity contribution in [3.63, 3.8) is 0 Å². The van der Waals surface area contributed by atoms with Crippen LogP contribution in [0.25, 0.3) is 10.9 Å². The molecule has 3 aliphatic heterocycles. The van der Waals surface area contributed by atoms with E-state index < -0.39 is 12.1 Å². The Morgan fingerprint density at radius 1 is 1.05 bits per heavy atom. The zero-order chi connectivity index (χ0) is 26.1. The molecule has 0 radical (unpaired) electrons. The van der Waals surface area contributed by atoms with Crippen molar-refractivity contribution >= 4 is 34.2 Å². The number of hydrogen-bond donors (Lipinski definition) is 2. The Morgan fingerprint density at radius 3 is 2.71 bits per heavy atom. The lowest BCUT2D eigenvalue weighted by Crippen LogP contribution is -2.48. The number of anilines is 1. The SMILES string of the molecule is O=C(N[C@H](CN1CCCC1)[C@H](O)c1ccc2c(c1)OCCO2)[C@@H]1CCN(c2ccc3cc(Cl)ccc3n2)C1. The molecule has 0 spiro atoms. The Balaban J connectivity index is 1.15. The van der Waals surface area contributed by atoms with E-state index in [0.29, 0.717) is 48.4 Å². The molecule has 4 heterocycles. The van der Waals surface area contributed by atoms with Crippen LogP contribution >= 0.6 is 11.6 Å². The highest BCUT2D eigenvalue weighted by molar-refractivity contribution is 6.31. The van der Waals surface area contributed by atoms with Gasteiger partial charge in [0.05, 0.1) is 17.5 Å². The maximum absolute atomic E-state index is 13.5. The van der Waals surface area contributed by atoms with Gasteiger partial charge in [0.2, 0.25) is 5.91 Å². The van der Waals surface area contributed by atoms with E-state index in [1.807, 2.05) is 48.5 Å². The van der Waals surface area contributed by atoms with Crippen molar-refractivity contribution in [2.45, 2.75) is 31.4 Å². The molecule has 3 aromatic rings. The van der Waals surface area contributed by atoms with E-state index in [0.717, 1.165) is 55.6 Å². The van der Waals surface area contributed by atoms with Gasteiger partial charge in [-0.3, -0.25) is 4.79 Å². The number of fused-ring (bicyclic) bond motifs is 2. The lowest BCUT2D eigenvalue weighted by molar-refractivity contribution is -0.126. The Kier molecular flexibility index (Phi) is 7.28. The van der Waals surface area contributed by atoms with Crippen LogP contribution in [0.4, 0.5) is 5.82 Å². The lowest BCUT2D eigenvalue weighted by atomic mass is 9.99. The highest BCUT2D eigenvalue weighted by Crippen LogP contribution is 2.34. The normalized spacial score (nSPS) is 21.0. The van der Waals surface area contributed by atoms with E-state index in [-0.39, 0.29) is 11.8 Å². The smallest absolute Gasteiger partial charge is 0.225 e. The summed E-state index contributed by atoms with van der Waals surface area (Å²) in [5.74, 6) is 1.98. The maximum Gasteiger partial charge on any atom is 0.225 e. The van der Waals surface area contributed by atoms with E-state index in [1.54, 1.807) is 0 Å². The number of nitrogens with zero attached hydrogens (tertiary/aromatic N) is 3. The van der Waals surface area contributed by atoms with Gasteiger partial charge in [-0.15, -0.1) is 0 Å². The summed E-state index contributed by atoms with van der Waals surface area (Å²) in [7, 11) is 0. The second-order valence-corrected chi connectivity index (χ2v) is 10.8. The highest BCUT2D eigenvalue weighted by atomic mass is 35.5. The number of carbonyl (C=O) groups excluding carboxylic acids is 1. The standard InChI is InChI=1S/C29H33ClN4O4/c30-22-5-6-23-19(15-22)4-8-27(31-23)34-12-9-21(17-34)29(36)32-24(18-33-10-1-2-11-33)28(35)20-3-7-25-26(16-20)38-14-13-37-25/h3-8,15-16,21,24,28,35H,1-2,9-14,17-18H2,(H,32,36)/t21-,24-,28-/m1/s1. The molecule has 9 heteroatoms. The van der Waals surface area contributed by atoms with Gasteiger partial charge in [-0.1, -0.05) is 17.7 Å². The summed E-state index contributed by atoms with van der Waals surface area (Å²) in [6, 6.07) is 14.8. The predicted octanol–water partition coefficient (Wildman–Crippen LogP) is 3.80. The zero-order valence-electron chi connectivity index (χ0n) is 21.3. The van der Waals surface area contributed by atoms with Crippen molar-refractivity contribution in [3.8, 4) is 11.5 Å². The van der Waals surface area contributed by atoms with Gasteiger partial charge in [0.15, 0.2) is 11.5 Å². The van der Waals surface area contributed by atoms with Gasteiger partial charge >= 0.3 is 0 Å². The van der Waals surface area contributed by atoms with E-state index in [2.05, 4.69) is 15.1 Å². The Morgan fingerprint density at radius 2 is 1.87 bits per heavy atom. The molecule has 2 fully saturated rings. The van der Waals surface area contributed by atoms with Crippen LogP contribution in [0.2, 0.25) is 5.02 Å². The average molecular weight is 537 g/mol. The fourth-order valence-corrected chi connectivity index (χ4v) is 5.87. The van der Waals surface area contributed by atoms with Crippen LogP contribution in [-0.4, -0.2) is 72.9 Å². The van der Waals surface area contributed by atoms with Crippen molar-refractivity contribution in [2.75, 3.05) is 50.8 Å². The van der Waals surface area contributed by atoms with Crippen molar-refractivity contribution in [2.24, 2.45) is 5.92 Å². The second-order valence-electron chi connectivity index (χ2n) is 10.4. The first kappa shape index (κ1) is 25.2. The molecular formula is C29H33ClN4O4. The third kappa shape index (κ3) is 5.39. The van der Waals surface area contributed by atoms with E-state index in [9.17, 15) is 9.90 Å². The number of halogens is 1. The number of aromatic nitrogens is 1. The van der Waals surface area contributed by atoms with Crippen LogP contribution in [0.5, 0.6) is 11.5 Å². The number of likely N-dealkylation sites (tertiary alicyclic amines) is 1. The third-order valence-corrected chi connectivity index (χ3v) is 8.02. The topological polar surface area (TPSA) is 87.2 Å². The predicted molar refractivity (Wildman–Crippen MR) is 147 cm³/mol. The molecule has 3 atom stereocenters. The minimum Gasteiger partial charge on any atom is -0.486 e. The molecule has 2 N–H and O–H groups in total. The van der Waals surface area contributed by atoms with E-state index >= 15 is 0 Å². The molecule has 8 nitrogen and oxygen atoms in total. The van der Waals surface area contributed by atoms with Gasteiger partial charge < -0.3 is 29.7 Å². The number of amides is 1. The first-order chi connectivity index (χ1) is 18.5. The summed E-state index contributed by atoms with van der Waals surface area (Å²) < 4.78 is 11.4. The van der Waals surface area contributed by atoms with Gasteiger partial charge in [0, 0.05) is 30.0 Å². The molecule has 2 saturated heterocycles. The van der Waals surface area contributed by atoms with Gasteiger partial charge in [0.25, 0.3) is 0 Å². The van der Waals surface area contributed by atoms with Crippen molar-refractivity contribution in [1.82, 2.24) is 15.2 Å². The van der Waals surface area contributed by atoms with Crippen LogP contribution in [-0.2, 0) is 4.79 Å². The summed E-state index contributed by atoms with van der Waals surface area (Å²) in [5, 5.41) is 16.3. The quantitative estimate of drug-likeness (QED) is 0.475. The molecule has 0 saturated carbocycles. The molecule has 0 aliphatic carbocycles. The zero-order valence-corrected chi connectivity index (χ0v) is 22.1. The fourth-order valence-electron chi connectivity index (χ4n) is 5.69. The van der Waals surface area contributed by atoms with Gasteiger partial charge in [-0.25, -0.2) is 4.98 Å². The minimum absolute atomic E-state index is 0.0270. The average Bonchev–Trinajstić information content (AvgIpc) is 3.64. The lowest BCUT2D eigenvalue weighted by Gasteiger charge is -2.30. The molecule has 0 unspecified atom stereocenters. The molecular weight excluding hydrogens is 504 g/mol. The molecule has 38 heavy (non-hydrogen) atoms. The van der Waals surface area contributed by atoms with Crippen molar-refractivity contribution in [3.05, 3.63) is 59.1 Å². The van der Waals surface area contributed by atoms with Crippen LogP contribution in [0.1, 0.15) is 30.9 Å². The van der Waals surface area contributed by atoms with Gasteiger partial charge in [-0.2, -0.15) is 0 Å². The van der Waals surface area contributed by atoms with Crippen LogP contribution < -0.4 is 19.7 Å². The van der Waals surface area contributed by atoms with Crippen LogP contribution in [0.3, 0.4) is 0 Å². The number of aliphatic hydroxyl groups excluding tert-OH is 1. The number of hydrogen-bond acceptors (Lipinski definition) is 7. The number of rotatable bonds is 7. The number of benzene rings is 2. The molecule has 1 amide bonds. The molecule has 6 rings (SSSR count). The maximum atomic E-state index is 13.5. The van der Waals surface area contributed by atoms with Gasteiger partial charge in [0.1, 0.15) is 25.1 Å². The molecule has 200 valence electrons. The minimum atomic E-state index is -0.859. The molecule has 0 bridgehead atoms. The summed E-state index contributed by atoms with van der Waals surface area (Å²) >= 11 is 6.11. The largest absolute Gasteiger partial charge is 0.486 e. The number of aliphatic hydroxyl groups is 1. The summed E-state index contributed by atoms with van der Waals surface area (Å²) in [4.78, 5) is 22.7. The summed E-state index contributed by atoms with van der Waals surface area (Å²) in [6.45, 7) is 4.92. The molecule has 1 aromatic heterocycles. The van der Waals surface area contributed by atoms with Crippen LogP contribution in [0, 0.1) is 5.92 Å². The van der Waals surface area contributed by atoms with Crippen LogP contribution in [0.15, 0.2) is 48.5 Å². The molecule has 3 aliphatic rings. The van der Waals surface area contributed by atoms with E-state index in [1.165, 1.54) is 0 Å². The number of ether oxygens (including phenoxy) is 2. The number of nitrogens with one attached hydrogen (secondary N) is 1. The Hall–Kier alpha value is -3.07. The highest BCUT2D eigenvalue weighted by Gasteiger charge is 2.33.